The Kier molecular flexibility index (Phi) is 7.93. The minimum absolute atomic E-state index is 0.0395. The summed E-state index contributed by atoms with van der Waals surface area (Å²) in [6.45, 7) is -0.179. The zero-order chi connectivity index (χ0) is 22.1. The number of rotatable bonds is 7. The summed E-state index contributed by atoms with van der Waals surface area (Å²) in [5.41, 5.74) is 3.30. The summed E-state index contributed by atoms with van der Waals surface area (Å²) in [5, 5.41) is 4.98. The van der Waals surface area contributed by atoms with Crippen LogP contribution in [0.25, 0.3) is 0 Å². The van der Waals surface area contributed by atoms with Gasteiger partial charge in [-0.1, -0.05) is 29.8 Å². The first kappa shape index (κ1) is 22.9. The number of allylic oxidation sites excluding steroid dienone is 1. The molecule has 2 amide bonds. The predicted octanol–water partition coefficient (Wildman–Crippen LogP) is 2.76. The molecule has 1 heterocycles. The fourth-order valence-electron chi connectivity index (χ4n) is 2.12. The summed E-state index contributed by atoms with van der Waals surface area (Å²) in [4.78, 5) is 31.8. The Morgan fingerprint density at radius 2 is 1.77 bits per heavy atom. The van der Waals surface area contributed by atoms with Crippen molar-refractivity contribution in [2.75, 3.05) is 13.1 Å². The van der Waals surface area contributed by atoms with E-state index in [2.05, 4.69) is 20.6 Å². The van der Waals surface area contributed by atoms with Gasteiger partial charge < -0.3 is 16.4 Å². The van der Waals surface area contributed by atoms with Gasteiger partial charge in [0.15, 0.2) is 0 Å². The number of para-hydroxylation sites is 1. The molecular formula is C19H17ClF3N5O2. The van der Waals surface area contributed by atoms with Gasteiger partial charge in [0.1, 0.15) is 10.9 Å². The molecule has 0 atom stereocenters. The third-order valence-corrected chi connectivity index (χ3v) is 3.85. The average molecular weight is 440 g/mol. The third-order valence-electron chi connectivity index (χ3n) is 3.62. The third kappa shape index (κ3) is 6.89. The Hall–Kier alpha value is -3.40. The van der Waals surface area contributed by atoms with Gasteiger partial charge in [-0.15, -0.1) is 0 Å². The summed E-state index contributed by atoms with van der Waals surface area (Å²) >= 11 is 5.63. The van der Waals surface area contributed by atoms with Gasteiger partial charge in [-0.2, -0.15) is 13.2 Å². The molecule has 2 aromatic rings. The van der Waals surface area contributed by atoms with Gasteiger partial charge in [0.2, 0.25) is 0 Å². The Labute approximate surface area is 174 Å². The number of halogens is 4. The normalized spacial score (nSPS) is 12.4. The van der Waals surface area contributed by atoms with E-state index >= 15 is 0 Å². The second-order valence-corrected chi connectivity index (χ2v) is 6.19. The summed E-state index contributed by atoms with van der Waals surface area (Å²) in [5.74, 6) is -1.56. The highest BCUT2D eigenvalue weighted by Gasteiger charge is 2.35. The topological polar surface area (TPSA) is 109 Å². The van der Waals surface area contributed by atoms with E-state index in [-0.39, 0.29) is 23.8 Å². The van der Waals surface area contributed by atoms with Crippen molar-refractivity contribution in [2.45, 2.75) is 6.18 Å². The summed E-state index contributed by atoms with van der Waals surface area (Å²) in [7, 11) is 0. The molecule has 0 unspecified atom stereocenters. The molecule has 0 bridgehead atoms. The number of hydrogen-bond donors (Lipinski definition) is 3. The number of nitrogens with zero attached hydrogens (tertiary/aromatic N) is 2. The molecule has 7 nitrogen and oxygen atoms in total. The van der Waals surface area contributed by atoms with Gasteiger partial charge in [-0.05, 0) is 24.3 Å². The molecule has 4 N–H and O–H groups in total. The van der Waals surface area contributed by atoms with E-state index in [1.165, 1.54) is 18.3 Å². The van der Waals surface area contributed by atoms with E-state index in [0.717, 1.165) is 6.21 Å². The van der Waals surface area contributed by atoms with E-state index < -0.39 is 29.3 Å². The minimum Gasteiger partial charge on any atom is -0.394 e. The lowest BCUT2D eigenvalue weighted by atomic mass is 10.2. The first-order valence-corrected chi connectivity index (χ1v) is 8.90. The Morgan fingerprint density at radius 1 is 1.10 bits per heavy atom. The second-order valence-electron chi connectivity index (χ2n) is 5.80. The second kappa shape index (κ2) is 10.4. The van der Waals surface area contributed by atoms with Crippen molar-refractivity contribution >= 4 is 35.3 Å². The van der Waals surface area contributed by atoms with Crippen molar-refractivity contribution in [3.05, 3.63) is 70.6 Å². The van der Waals surface area contributed by atoms with Crippen LogP contribution in [0.15, 0.2) is 64.9 Å². The zero-order valence-corrected chi connectivity index (χ0v) is 16.2. The zero-order valence-electron chi connectivity index (χ0n) is 15.4. The first-order valence-electron chi connectivity index (χ1n) is 8.52. The van der Waals surface area contributed by atoms with Crippen LogP contribution in [0.3, 0.4) is 0 Å². The van der Waals surface area contributed by atoms with Gasteiger partial charge in [-0.25, -0.2) is 4.98 Å². The molecule has 0 aliphatic heterocycles. The van der Waals surface area contributed by atoms with Gasteiger partial charge in [0.05, 0.1) is 16.8 Å². The van der Waals surface area contributed by atoms with Crippen LogP contribution in [0.5, 0.6) is 0 Å². The quantitative estimate of drug-likeness (QED) is 0.267. The minimum atomic E-state index is -4.91. The molecular weight excluding hydrogens is 423 g/mol. The van der Waals surface area contributed by atoms with Gasteiger partial charge in [0, 0.05) is 25.5 Å². The fraction of sp³-hybridized carbons (Fsp3) is 0.158. The lowest BCUT2D eigenvalue weighted by molar-refractivity contribution is -0.118. The van der Waals surface area contributed by atoms with Crippen LogP contribution < -0.4 is 16.4 Å². The van der Waals surface area contributed by atoms with Crippen molar-refractivity contribution in [1.29, 1.82) is 0 Å². The fourth-order valence-corrected chi connectivity index (χ4v) is 2.23. The molecule has 0 aliphatic carbocycles. The smallest absolute Gasteiger partial charge is 0.394 e. The molecule has 1 aromatic carbocycles. The number of aromatic nitrogens is 1. The van der Waals surface area contributed by atoms with Crippen LogP contribution in [0.4, 0.5) is 18.9 Å². The van der Waals surface area contributed by atoms with Crippen LogP contribution in [0.1, 0.15) is 10.4 Å². The number of nitrogens with two attached hydrogens (primary N) is 1. The molecule has 2 rings (SSSR count). The number of nitrogens with one attached hydrogen (secondary N) is 2. The van der Waals surface area contributed by atoms with Crippen molar-refractivity contribution in [3.63, 3.8) is 0 Å². The number of alkyl halides is 3. The maximum absolute atomic E-state index is 13.0. The van der Waals surface area contributed by atoms with Crippen LogP contribution in [-0.2, 0) is 4.79 Å². The van der Waals surface area contributed by atoms with Crippen LogP contribution in [0.2, 0.25) is 5.15 Å². The van der Waals surface area contributed by atoms with Gasteiger partial charge in [-0.3, -0.25) is 14.6 Å². The first-order chi connectivity index (χ1) is 14.2. The van der Waals surface area contributed by atoms with E-state index in [1.807, 2.05) is 0 Å². The maximum Gasteiger partial charge on any atom is 0.431 e. The van der Waals surface area contributed by atoms with Crippen LogP contribution in [0, 0.1) is 0 Å². The van der Waals surface area contributed by atoms with E-state index in [1.54, 1.807) is 30.3 Å². The number of carbonyl (C=O) groups is 2. The van der Waals surface area contributed by atoms with Crippen molar-refractivity contribution < 1.29 is 22.8 Å². The molecule has 30 heavy (non-hydrogen) atoms. The summed E-state index contributed by atoms with van der Waals surface area (Å²) in [6, 6.07) is 11.0. The largest absolute Gasteiger partial charge is 0.431 e. The molecule has 158 valence electrons. The van der Waals surface area contributed by atoms with Crippen molar-refractivity contribution in [2.24, 2.45) is 10.7 Å². The number of hydrogen-bond acceptors (Lipinski definition) is 5. The van der Waals surface area contributed by atoms with Crippen LogP contribution >= 0.6 is 11.6 Å². The summed E-state index contributed by atoms with van der Waals surface area (Å²) < 4.78 is 39.0. The van der Waals surface area contributed by atoms with Crippen molar-refractivity contribution in [1.82, 2.24) is 15.6 Å². The maximum atomic E-state index is 13.0. The Balaban J connectivity index is 2.00. The number of amides is 2. The number of aliphatic imine (C=N–C) groups is 1. The number of carbonyl (C=O) groups excluding carboxylic acids is 2. The molecule has 0 aliphatic rings. The number of pyridine rings is 1. The van der Waals surface area contributed by atoms with E-state index in [4.69, 9.17) is 17.3 Å². The highest BCUT2D eigenvalue weighted by Crippen LogP contribution is 2.24. The number of benzene rings is 1. The highest BCUT2D eigenvalue weighted by atomic mass is 35.5. The highest BCUT2D eigenvalue weighted by molar-refractivity contribution is 6.29. The molecule has 11 heteroatoms. The lowest BCUT2D eigenvalue weighted by Crippen LogP contribution is -2.37. The molecule has 1 aromatic heterocycles. The molecule has 0 fully saturated rings. The molecule has 0 radical (unpaired) electrons. The van der Waals surface area contributed by atoms with Gasteiger partial charge in [0.25, 0.3) is 11.8 Å². The SMILES string of the molecule is NC(=C(C=Nc1ccccc1)C(=O)NCCNC(=O)c1ccc(Cl)nc1)C(F)(F)F. The summed E-state index contributed by atoms with van der Waals surface area (Å²) in [6.07, 6.45) is -2.89. The Morgan fingerprint density at radius 3 is 2.37 bits per heavy atom. The standard InChI is InChI=1S/C19H17ClF3N5O2/c20-15-7-6-12(10-28-15)17(29)25-8-9-26-18(30)14(16(24)19(21,22)23)11-27-13-4-2-1-3-5-13/h1-7,10-11H,8-9,24H2,(H,25,29)(H,26,30). The van der Waals surface area contributed by atoms with E-state index in [9.17, 15) is 22.8 Å². The lowest BCUT2D eigenvalue weighted by Gasteiger charge is -2.12. The predicted molar refractivity (Wildman–Crippen MR) is 106 cm³/mol. The average Bonchev–Trinajstić information content (AvgIpc) is 2.71. The monoisotopic (exact) mass is 439 g/mol. The van der Waals surface area contributed by atoms with E-state index in [0.29, 0.717) is 5.69 Å². The Bertz CT molecular complexity index is 945. The van der Waals surface area contributed by atoms with Crippen LogP contribution in [-0.4, -0.2) is 42.3 Å². The molecule has 0 spiro atoms. The molecule has 0 saturated carbocycles. The van der Waals surface area contributed by atoms with Gasteiger partial charge >= 0.3 is 6.18 Å². The van der Waals surface area contributed by atoms with Crippen molar-refractivity contribution in [3.8, 4) is 0 Å². The molecule has 0 saturated heterocycles.